The van der Waals surface area contributed by atoms with Crippen molar-refractivity contribution >= 4 is 45.7 Å². The first-order valence-electron chi connectivity index (χ1n) is 7.60. The van der Waals surface area contributed by atoms with Crippen LogP contribution >= 0.6 is 18.3 Å². The van der Waals surface area contributed by atoms with Crippen molar-refractivity contribution in [2.24, 2.45) is 0 Å². The van der Waals surface area contributed by atoms with E-state index in [9.17, 15) is 0 Å². The maximum Gasteiger partial charge on any atom is 0.0836 e. The predicted molar refractivity (Wildman–Crippen MR) is 107 cm³/mol. The summed E-state index contributed by atoms with van der Waals surface area (Å²) in [7, 11) is 0. The van der Waals surface area contributed by atoms with Crippen LogP contribution < -0.4 is 10.6 Å². The van der Waals surface area contributed by atoms with E-state index in [-0.39, 0.29) is 0 Å². The van der Waals surface area contributed by atoms with Crippen LogP contribution in [0.3, 0.4) is 0 Å². The van der Waals surface area contributed by atoms with E-state index in [2.05, 4.69) is 67.3 Å². The largest absolute Gasteiger partial charge is 0.366 e. The number of hydrogen-bond acceptors (Lipinski definition) is 2. The summed E-state index contributed by atoms with van der Waals surface area (Å²) >= 11 is 11.9. The predicted octanol–water partition coefficient (Wildman–Crippen LogP) is 3.79. The maximum atomic E-state index is 6.22. The van der Waals surface area contributed by atoms with E-state index in [1.807, 2.05) is 12.1 Å². The lowest BCUT2D eigenvalue weighted by Gasteiger charge is -2.29. The molecule has 0 radical (unpaired) electrons. The Morgan fingerprint density at radius 1 is 0.864 bits per heavy atom. The lowest BCUT2D eigenvalue weighted by atomic mass is 10.4. The molecule has 0 aromatic heterocycles. The van der Waals surface area contributed by atoms with Crippen LogP contribution in [0.4, 0.5) is 0 Å². The van der Waals surface area contributed by atoms with Gasteiger partial charge in [0.2, 0.25) is 0 Å². The highest BCUT2D eigenvalue weighted by Crippen LogP contribution is 2.44. The highest BCUT2D eigenvalue weighted by Gasteiger charge is 2.25. The fourth-order valence-corrected chi connectivity index (χ4v) is 7.27. The van der Waals surface area contributed by atoms with Gasteiger partial charge in [0.25, 0.3) is 0 Å². The van der Waals surface area contributed by atoms with Crippen LogP contribution in [0.5, 0.6) is 0 Å². The van der Waals surface area contributed by atoms with Crippen LogP contribution in [-0.2, 0) is 11.8 Å². The van der Waals surface area contributed by atoms with Gasteiger partial charge in [0, 0.05) is 25.3 Å². The van der Waals surface area contributed by atoms with E-state index < -0.39 is 6.04 Å². The second-order valence-corrected chi connectivity index (χ2v) is 10.3. The topological polar surface area (TPSA) is 3.24 Å². The molecule has 0 fully saturated rings. The van der Waals surface area contributed by atoms with Gasteiger partial charge in [0.15, 0.2) is 0 Å². The molecule has 1 nitrogen and oxygen atoms in total. The highest BCUT2D eigenvalue weighted by atomic mass is 32.4. The summed E-state index contributed by atoms with van der Waals surface area (Å²) in [5, 5.41) is 2.48. The zero-order valence-corrected chi connectivity index (χ0v) is 15.6. The lowest BCUT2D eigenvalue weighted by molar-refractivity contribution is 0.472. The summed E-state index contributed by atoms with van der Waals surface area (Å²) in [6, 6.07) is 19.0. The van der Waals surface area contributed by atoms with Gasteiger partial charge in [-0.15, -0.1) is 0 Å². The molecule has 4 heteroatoms. The van der Waals surface area contributed by atoms with E-state index in [1.54, 1.807) is 0 Å². The van der Waals surface area contributed by atoms with Crippen molar-refractivity contribution in [1.82, 2.24) is 4.90 Å². The smallest absolute Gasteiger partial charge is 0.0836 e. The standard InChI is InChI=1S/C18H22NPS2/c1-3-19(4-2)18(21)15-20(22,16-11-7-5-8-12-16)17-13-9-6-10-14-17/h5-14H,3-4,15H2,1-2H3. The molecule has 2 aromatic carbocycles. The number of thiocarbonyl (C=S) groups is 1. The molecule has 0 amide bonds. The Morgan fingerprint density at radius 3 is 1.64 bits per heavy atom. The SMILES string of the molecule is CCN(CC)C(=S)CP(=S)(c1ccccc1)c1ccccc1. The summed E-state index contributed by atoms with van der Waals surface area (Å²) in [5.74, 6) is 0. The minimum Gasteiger partial charge on any atom is -0.366 e. The molecule has 2 rings (SSSR count). The molecule has 2 aromatic rings. The van der Waals surface area contributed by atoms with Gasteiger partial charge in [-0.05, 0) is 24.5 Å². The van der Waals surface area contributed by atoms with Gasteiger partial charge in [-0.3, -0.25) is 0 Å². The first-order valence-corrected chi connectivity index (χ1v) is 11.0. The summed E-state index contributed by atoms with van der Waals surface area (Å²) < 4.78 is 0. The van der Waals surface area contributed by atoms with Gasteiger partial charge in [-0.1, -0.05) is 84.7 Å². The minimum atomic E-state index is -1.91. The van der Waals surface area contributed by atoms with Gasteiger partial charge >= 0.3 is 0 Å². The van der Waals surface area contributed by atoms with Gasteiger partial charge in [-0.25, -0.2) is 0 Å². The van der Waals surface area contributed by atoms with Crippen LogP contribution in [0.2, 0.25) is 0 Å². The third-order valence-corrected chi connectivity index (χ3v) is 9.10. The maximum absolute atomic E-state index is 6.22. The van der Waals surface area contributed by atoms with Crippen LogP contribution in [0.1, 0.15) is 13.8 Å². The summed E-state index contributed by atoms with van der Waals surface area (Å²) in [6.07, 6.45) is 0.785. The van der Waals surface area contributed by atoms with Crippen molar-refractivity contribution < 1.29 is 0 Å². The quantitative estimate of drug-likeness (QED) is 0.578. The van der Waals surface area contributed by atoms with Gasteiger partial charge in [-0.2, -0.15) is 0 Å². The Kier molecular flexibility index (Phi) is 6.31. The zero-order chi connectivity index (χ0) is 16.0. The first kappa shape index (κ1) is 17.3. The average Bonchev–Trinajstić information content (AvgIpc) is 2.57. The summed E-state index contributed by atoms with van der Waals surface area (Å²) in [5.41, 5.74) is 0. The fraction of sp³-hybridized carbons (Fsp3) is 0.278. The summed E-state index contributed by atoms with van der Waals surface area (Å²) in [4.78, 5) is 3.23. The van der Waals surface area contributed by atoms with E-state index >= 15 is 0 Å². The molecule has 0 aliphatic carbocycles. The van der Waals surface area contributed by atoms with Crippen LogP contribution in [0.15, 0.2) is 60.7 Å². The third kappa shape index (κ3) is 3.84. The van der Waals surface area contributed by atoms with E-state index in [4.69, 9.17) is 24.0 Å². The highest BCUT2D eigenvalue weighted by molar-refractivity contribution is 8.22. The second-order valence-electron chi connectivity index (χ2n) is 5.13. The number of hydrogen-bond donors (Lipinski definition) is 0. The van der Waals surface area contributed by atoms with Crippen molar-refractivity contribution in [2.45, 2.75) is 13.8 Å². The number of rotatable bonds is 6. The van der Waals surface area contributed by atoms with Crippen LogP contribution in [-0.4, -0.2) is 29.1 Å². The number of nitrogens with zero attached hydrogens (tertiary/aromatic N) is 1. The Labute approximate surface area is 144 Å². The fourth-order valence-electron chi connectivity index (χ4n) is 2.54. The van der Waals surface area contributed by atoms with Crippen LogP contribution in [0, 0.1) is 0 Å². The summed E-state index contributed by atoms with van der Waals surface area (Å²) in [6.45, 7) is 6.16. The molecule has 0 N–H and O–H groups in total. The molecule has 0 heterocycles. The Bertz CT molecular complexity index is 608. The Balaban J connectivity index is 2.44. The Morgan fingerprint density at radius 2 is 1.27 bits per heavy atom. The van der Waals surface area contributed by atoms with E-state index in [0.29, 0.717) is 0 Å². The molecule has 0 spiro atoms. The lowest BCUT2D eigenvalue weighted by Crippen LogP contribution is -2.34. The molecule has 0 aliphatic rings. The molecule has 0 unspecified atom stereocenters. The molecular formula is C18H22NPS2. The zero-order valence-electron chi connectivity index (χ0n) is 13.1. The first-order chi connectivity index (χ1) is 10.6. The molecule has 0 atom stereocenters. The molecule has 116 valence electrons. The molecule has 0 bridgehead atoms. The van der Waals surface area contributed by atoms with Crippen molar-refractivity contribution in [3.8, 4) is 0 Å². The minimum absolute atomic E-state index is 0.785. The molecule has 0 saturated carbocycles. The Hall–Kier alpha value is -1.02. The van der Waals surface area contributed by atoms with Gasteiger partial charge in [0.05, 0.1) is 4.99 Å². The van der Waals surface area contributed by atoms with Crippen molar-refractivity contribution in [3.63, 3.8) is 0 Å². The van der Waals surface area contributed by atoms with Crippen molar-refractivity contribution in [1.29, 1.82) is 0 Å². The average molecular weight is 347 g/mol. The van der Waals surface area contributed by atoms with Crippen molar-refractivity contribution in [2.75, 3.05) is 19.3 Å². The number of benzene rings is 2. The van der Waals surface area contributed by atoms with E-state index in [0.717, 1.165) is 24.2 Å². The third-order valence-electron chi connectivity index (χ3n) is 3.82. The van der Waals surface area contributed by atoms with Crippen molar-refractivity contribution in [3.05, 3.63) is 60.7 Å². The molecular weight excluding hydrogens is 325 g/mol. The van der Waals surface area contributed by atoms with Gasteiger partial charge in [0.1, 0.15) is 0 Å². The molecule has 0 saturated heterocycles. The van der Waals surface area contributed by atoms with Crippen LogP contribution in [0.25, 0.3) is 0 Å². The monoisotopic (exact) mass is 347 g/mol. The normalized spacial score (nSPS) is 11.2. The van der Waals surface area contributed by atoms with Gasteiger partial charge < -0.3 is 4.90 Å². The second kappa shape index (κ2) is 8.01. The molecule has 0 aliphatic heterocycles. The molecule has 22 heavy (non-hydrogen) atoms. The van der Waals surface area contributed by atoms with E-state index in [1.165, 1.54) is 10.6 Å².